The Labute approximate surface area is 142 Å². The molecular formula is C12H12F2I2O4. The molecule has 0 aromatic heterocycles. The van der Waals surface area contributed by atoms with Crippen molar-refractivity contribution in [2.45, 2.75) is 19.8 Å². The van der Waals surface area contributed by atoms with Crippen LogP contribution in [0.3, 0.4) is 0 Å². The first-order chi connectivity index (χ1) is 9.25. The molecular weight excluding hydrogens is 500 g/mol. The molecule has 0 saturated carbocycles. The number of ether oxygens (including phenoxy) is 3. The first kappa shape index (κ1) is 17.8. The van der Waals surface area contributed by atoms with Crippen LogP contribution in [0.1, 0.15) is 13.8 Å². The highest BCUT2D eigenvalue weighted by Gasteiger charge is 2.35. The highest BCUT2D eigenvalue weighted by atomic mass is 127. The Morgan fingerprint density at radius 3 is 2.35 bits per heavy atom. The molecule has 0 heterocycles. The monoisotopic (exact) mass is 512 g/mol. The molecule has 1 aromatic carbocycles. The van der Waals surface area contributed by atoms with E-state index < -0.39 is 11.9 Å². The van der Waals surface area contributed by atoms with Crippen LogP contribution in [0.4, 0.5) is 8.78 Å². The summed E-state index contributed by atoms with van der Waals surface area (Å²) < 4.78 is 41.8. The van der Waals surface area contributed by atoms with E-state index >= 15 is 0 Å². The van der Waals surface area contributed by atoms with E-state index in [0.717, 1.165) is 0 Å². The van der Waals surface area contributed by atoms with Gasteiger partial charge in [0.15, 0.2) is 6.79 Å². The van der Waals surface area contributed by atoms with Gasteiger partial charge in [0, 0.05) is 13.5 Å². The van der Waals surface area contributed by atoms with Crippen molar-refractivity contribution in [2.75, 3.05) is 13.4 Å². The van der Waals surface area contributed by atoms with Gasteiger partial charge in [-0.25, -0.2) is 4.79 Å². The zero-order chi connectivity index (χ0) is 15.3. The lowest BCUT2D eigenvalue weighted by molar-refractivity contribution is -0.158. The molecule has 0 N–H and O–H groups in total. The predicted molar refractivity (Wildman–Crippen MR) is 85.3 cm³/mol. The third-order valence-electron chi connectivity index (χ3n) is 2.05. The number of rotatable bonds is 6. The van der Waals surface area contributed by atoms with Crippen LogP contribution in [0.15, 0.2) is 12.1 Å². The van der Waals surface area contributed by atoms with Crippen LogP contribution < -0.4 is 9.47 Å². The van der Waals surface area contributed by atoms with E-state index in [2.05, 4.69) is 4.74 Å². The first-order valence-corrected chi connectivity index (χ1v) is 7.71. The molecule has 20 heavy (non-hydrogen) atoms. The van der Waals surface area contributed by atoms with Crippen LogP contribution in [0.2, 0.25) is 0 Å². The molecule has 4 nitrogen and oxygen atoms in total. The van der Waals surface area contributed by atoms with E-state index in [-0.39, 0.29) is 12.5 Å². The summed E-state index contributed by atoms with van der Waals surface area (Å²) in [5, 5.41) is 0. The van der Waals surface area contributed by atoms with Gasteiger partial charge in [0.1, 0.15) is 11.5 Å². The quantitative estimate of drug-likeness (QED) is 0.191. The Bertz CT molecular complexity index is 489. The molecule has 0 aliphatic heterocycles. The minimum Gasteiger partial charge on any atom is -0.466 e. The average Bonchev–Trinajstić information content (AvgIpc) is 2.34. The fourth-order valence-electron chi connectivity index (χ4n) is 1.08. The van der Waals surface area contributed by atoms with E-state index in [4.69, 9.17) is 9.47 Å². The van der Waals surface area contributed by atoms with Gasteiger partial charge in [0.05, 0.1) is 7.14 Å². The SMILES string of the molecule is CCOCOc1cc(I)c(OC(=O)C(C)(F)F)cc1I. The molecule has 112 valence electrons. The lowest BCUT2D eigenvalue weighted by Crippen LogP contribution is -2.29. The van der Waals surface area contributed by atoms with Crippen molar-refractivity contribution in [2.24, 2.45) is 0 Å². The van der Waals surface area contributed by atoms with Crippen molar-refractivity contribution in [3.05, 3.63) is 19.3 Å². The van der Waals surface area contributed by atoms with Gasteiger partial charge in [-0.15, -0.1) is 0 Å². The van der Waals surface area contributed by atoms with Gasteiger partial charge >= 0.3 is 11.9 Å². The number of hydrogen-bond acceptors (Lipinski definition) is 4. The summed E-state index contributed by atoms with van der Waals surface area (Å²) in [6.07, 6.45) is 0. The van der Waals surface area contributed by atoms with Crippen molar-refractivity contribution in [1.29, 1.82) is 0 Å². The Hall–Kier alpha value is -0.230. The average molecular weight is 512 g/mol. The van der Waals surface area contributed by atoms with E-state index in [1.54, 1.807) is 6.07 Å². The second kappa shape index (κ2) is 7.69. The number of alkyl halides is 2. The van der Waals surface area contributed by atoms with Crippen molar-refractivity contribution in [3.63, 3.8) is 0 Å². The molecule has 0 spiro atoms. The van der Waals surface area contributed by atoms with Gasteiger partial charge in [0.25, 0.3) is 0 Å². The van der Waals surface area contributed by atoms with Gasteiger partial charge in [0.2, 0.25) is 0 Å². The van der Waals surface area contributed by atoms with Gasteiger partial charge < -0.3 is 14.2 Å². The Morgan fingerprint density at radius 2 is 1.80 bits per heavy atom. The van der Waals surface area contributed by atoms with E-state index in [9.17, 15) is 13.6 Å². The summed E-state index contributed by atoms with van der Waals surface area (Å²) in [7, 11) is 0. The summed E-state index contributed by atoms with van der Waals surface area (Å²) in [6.45, 7) is 2.95. The second-order valence-corrected chi connectivity index (χ2v) is 6.07. The van der Waals surface area contributed by atoms with Crippen molar-refractivity contribution in [1.82, 2.24) is 0 Å². The maximum atomic E-state index is 12.8. The van der Waals surface area contributed by atoms with Crippen LogP contribution in [0.5, 0.6) is 11.5 Å². The molecule has 0 fully saturated rings. The lowest BCUT2D eigenvalue weighted by atomic mass is 10.3. The number of carbonyl (C=O) groups excluding carboxylic acids is 1. The predicted octanol–water partition coefficient (Wildman–Crippen LogP) is 3.83. The third kappa shape index (κ3) is 5.28. The van der Waals surface area contributed by atoms with E-state index in [0.29, 0.717) is 26.4 Å². The van der Waals surface area contributed by atoms with Gasteiger partial charge in [-0.3, -0.25) is 0 Å². The van der Waals surface area contributed by atoms with Gasteiger partial charge in [-0.05, 0) is 64.2 Å². The summed E-state index contributed by atoms with van der Waals surface area (Å²) in [5.41, 5.74) is 0. The zero-order valence-corrected chi connectivity index (χ0v) is 15.0. The minimum atomic E-state index is -3.53. The maximum Gasteiger partial charge on any atom is 0.382 e. The summed E-state index contributed by atoms with van der Waals surface area (Å²) >= 11 is 3.84. The number of esters is 1. The van der Waals surface area contributed by atoms with Crippen LogP contribution >= 0.6 is 45.2 Å². The number of carbonyl (C=O) groups is 1. The fraction of sp³-hybridized carbons (Fsp3) is 0.417. The summed E-state index contributed by atoms with van der Waals surface area (Å²) in [5.74, 6) is -4.51. The first-order valence-electron chi connectivity index (χ1n) is 5.55. The van der Waals surface area contributed by atoms with Gasteiger partial charge in [-0.1, -0.05) is 0 Å². The largest absolute Gasteiger partial charge is 0.466 e. The lowest BCUT2D eigenvalue weighted by Gasteiger charge is -2.13. The highest BCUT2D eigenvalue weighted by Crippen LogP contribution is 2.32. The Balaban J connectivity index is 2.85. The second-order valence-electron chi connectivity index (χ2n) is 3.75. The zero-order valence-electron chi connectivity index (χ0n) is 10.7. The number of hydrogen-bond donors (Lipinski definition) is 0. The number of benzene rings is 1. The third-order valence-corrected chi connectivity index (χ3v) is 3.74. The van der Waals surface area contributed by atoms with Crippen molar-refractivity contribution < 1.29 is 27.8 Å². The summed E-state index contributed by atoms with van der Waals surface area (Å²) in [6, 6.07) is 3.06. The van der Waals surface area contributed by atoms with Crippen LogP contribution in [0, 0.1) is 7.14 Å². The van der Waals surface area contributed by atoms with Crippen molar-refractivity contribution >= 4 is 51.2 Å². The highest BCUT2D eigenvalue weighted by molar-refractivity contribution is 14.1. The molecule has 1 rings (SSSR count). The molecule has 8 heteroatoms. The van der Waals surface area contributed by atoms with E-state index in [1.807, 2.05) is 52.1 Å². The van der Waals surface area contributed by atoms with Crippen molar-refractivity contribution in [3.8, 4) is 11.5 Å². The fourth-order valence-corrected chi connectivity index (χ4v) is 2.22. The van der Waals surface area contributed by atoms with Crippen LogP contribution in [-0.4, -0.2) is 25.3 Å². The molecule has 0 atom stereocenters. The standard InChI is InChI=1S/C12H12F2I2O4/c1-3-18-6-19-9-4-8(16)10(5-7(9)15)20-11(17)12(2,13)14/h4-5H,3,6H2,1-2H3. The molecule has 0 aliphatic carbocycles. The number of halogens is 4. The van der Waals surface area contributed by atoms with Gasteiger partial charge in [-0.2, -0.15) is 8.78 Å². The topological polar surface area (TPSA) is 44.8 Å². The molecule has 0 bridgehead atoms. The Kier molecular flexibility index (Phi) is 6.85. The van der Waals surface area contributed by atoms with E-state index in [1.165, 1.54) is 6.07 Å². The molecule has 0 radical (unpaired) electrons. The molecule has 1 aromatic rings. The Morgan fingerprint density at radius 1 is 1.25 bits per heavy atom. The molecule has 0 aliphatic rings. The molecule has 0 unspecified atom stereocenters. The maximum absolute atomic E-state index is 12.8. The minimum absolute atomic E-state index is 0.0743. The molecule has 0 amide bonds. The van der Waals surface area contributed by atoms with Crippen LogP contribution in [0.25, 0.3) is 0 Å². The molecule has 0 saturated heterocycles. The smallest absolute Gasteiger partial charge is 0.382 e. The van der Waals surface area contributed by atoms with Crippen LogP contribution in [-0.2, 0) is 9.53 Å². The normalized spacial score (nSPS) is 11.3. The summed E-state index contributed by atoms with van der Waals surface area (Å²) in [4.78, 5) is 11.2.